The van der Waals surface area contributed by atoms with Crippen molar-refractivity contribution in [2.45, 2.75) is 13.8 Å². The molecule has 26 heavy (non-hydrogen) atoms. The fraction of sp³-hybridized carbons (Fsp3) is 0.316. The van der Waals surface area contributed by atoms with Crippen LogP contribution in [0.5, 0.6) is 0 Å². The molecule has 2 heterocycles. The van der Waals surface area contributed by atoms with Crippen LogP contribution in [0, 0.1) is 13.8 Å². The first kappa shape index (κ1) is 18.0. The first-order chi connectivity index (χ1) is 12.6. The molecule has 0 atom stereocenters. The molecule has 0 aliphatic carbocycles. The molecule has 2 aromatic heterocycles. The van der Waals surface area contributed by atoms with Gasteiger partial charge in [-0.3, -0.25) is 0 Å². The zero-order valence-electron chi connectivity index (χ0n) is 15.0. The van der Waals surface area contributed by atoms with Crippen LogP contribution in [0.4, 0.5) is 5.82 Å². The largest absolute Gasteiger partial charge is 0.395 e. The minimum absolute atomic E-state index is 0.0279. The predicted octanol–water partition coefficient (Wildman–Crippen LogP) is 1.74. The van der Waals surface area contributed by atoms with E-state index in [-0.39, 0.29) is 13.2 Å². The Morgan fingerprint density at radius 3 is 2.23 bits per heavy atom. The summed E-state index contributed by atoms with van der Waals surface area (Å²) in [5, 5.41) is 23.2. The fourth-order valence-corrected chi connectivity index (χ4v) is 2.85. The topological polar surface area (TPSA) is 87.3 Å². The van der Waals surface area contributed by atoms with E-state index in [1.54, 1.807) is 4.68 Å². The number of aromatic nitrogens is 4. The van der Waals surface area contributed by atoms with Gasteiger partial charge in [0, 0.05) is 30.4 Å². The third-order valence-electron chi connectivity index (χ3n) is 4.03. The van der Waals surface area contributed by atoms with Crippen molar-refractivity contribution < 1.29 is 10.2 Å². The van der Waals surface area contributed by atoms with Crippen molar-refractivity contribution in [2.24, 2.45) is 0 Å². The second kappa shape index (κ2) is 8.07. The average molecular weight is 353 g/mol. The van der Waals surface area contributed by atoms with Gasteiger partial charge in [-0.1, -0.05) is 30.3 Å². The molecule has 0 spiro atoms. The highest BCUT2D eigenvalue weighted by Gasteiger charge is 2.15. The average Bonchev–Trinajstić information content (AvgIpc) is 3.00. The van der Waals surface area contributed by atoms with E-state index in [0.29, 0.717) is 24.9 Å². The highest BCUT2D eigenvalue weighted by Crippen LogP contribution is 2.23. The van der Waals surface area contributed by atoms with Crippen molar-refractivity contribution in [1.82, 2.24) is 19.7 Å². The van der Waals surface area contributed by atoms with Gasteiger partial charge in [0.05, 0.1) is 24.6 Å². The second-order valence-corrected chi connectivity index (χ2v) is 6.05. The number of hydrogen-bond donors (Lipinski definition) is 2. The summed E-state index contributed by atoms with van der Waals surface area (Å²) in [5.74, 6) is 1.11. The molecule has 0 saturated heterocycles. The Morgan fingerprint density at radius 1 is 0.962 bits per heavy atom. The second-order valence-electron chi connectivity index (χ2n) is 6.05. The lowest BCUT2D eigenvalue weighted by atomic mass is 10.1. The van der Waals surface area contributed by atoms with Crippen molar-refractivity contribution >= 4 is 5.82 Å². The summed E-state index contributed by atoms with van der Waals surface area (Å²) < 4.78 is 1.71. The van der Waals surface area contributed by atoms with Crippen molar-refractivity contribution in [3.8, 4) is 17.2 Å². The number of rotatable bonds is 7. The van der Waals surface area contributed by atoms with E-state index in [2.05, 4.69) is 15.1 Å². The van der Waals surface area contributed by atoms with Gasteiger partial charge < -0.3 is 15.1 Å². The van der Waals surface area contributed by atoms with E-state index < -0.39 is 0 Å². The van der Waals surface area contributed by atoms with Crippen LogP contribution in [-0.2, 0) is 0 Å². The van der Waals surface area contributed by atoms with Crippen LogP contribution in [0.2, 0.25) is 0 Å². The van der Waals surface area contributed by atoms with E-state index in [1.165, 1.54) is 0 Å². The lowest BCUT2D eigenvalue weighted by Gasteiger charge is -2.22. The maximum Gasteiger partial charge on any atom is 0.253 e. The monoisotopic (exact) mass is 353 g/mol. The molecule has 0 unspecified atom stereocenters. The molecule has 0 saturated carbocycles. The van der Waals surface area contributed by atoms with Crippen LogP contribution in [0.3, 0.4) is 0 Å². The van der Waals surface area contributed by atoms with Crippen molar-refractivity contribution in [3.05, 3.63) is 53.9 Å². The van der Waals surface area contributed by atoms with Crippen LogP contribution in [-0.4, -0.2) is 56.3 Å². The first-order valence-corrected chi connectivity index (χ1v) is 8.57. The third kappa shape index (κ3) is 3.89. The minimum atomic E-state index is -0.0279. The molecule has 3 aromatic rings. The third-order valence-corrected chi connectivity index (χ3v) is 4.03. The van der Waals surface area contributed by atoms with Gasteiger partial charge in [0.1, 0.15) is 5.82 Å². The molecule has 136 valence electrons. The zero-order chi connectivity index (χ0) is 18.5. The number of aryl methyl sites for hydroxylation is 2. The van der Waals surface area contributed by atoms with Gasteiger partial charge in [-0.15, -0.1) is 0 Å². The van der Waals surface area contributed by atoms with E-state index in [4.69, 9.17) is 0 Å². The molecule has 0 radical (unpaired) electrons. The Balaban J connectivity index is 2.14. The molecule has 0 aliphatic heterocycles. The summed E-state index contributed by atoms with van der Waals surface area (Å²) in [5.41, 5.74) is 3.56. The number of aliphatic hydroxyl groups excluding tert-OH is 2. The summed E-state index contributed by atoms with van der Waals surface area (Å²) in [6.45, 7) is 4.58. The molecule has 7 heteroatoms. The van der Waals surface area contributed by atoms with Crippen LogP contribution < -0.4 is 4.90 Å². The van der Waals surface area contributed by atoms with Crippen molar-refractivity contribution in [3.63, 3.8) is 0 Å². The molecule has 0 amide bonds. The quantitative estimate of drug-likeness (QED) is 0.673. The number of aliphatic hydroxyl groups is 2. The number of hydrogen-bond acceptors (Lipinski definition) is 6. The molecule has 0 fully saturated rings. The van der Waals surface area contributed by atoms with E-state index >= 15 is 0 Å². The Hall–Kier alpha value is -2.77. The lowest BCUT2D eigenvalue weighted by molar-refractivity contribution is 0.280. The number of nitrogens with zero attached hydrogens (tertiary/aromatic N) is 5. The van der Waals surface area contributed by atoms with Gasteiger partial charge in [0.15, 0.2) is 0 Å². The van der Waals surface area contributed by atoms with Crippen LogP contribution in [0.25, 0.3) is 17.2 Å². The predicted molar refractivity (Wildman–Crippen MR) is 100 cm³/mol. The SMILES string of the molecule is Cc1cc(C)n(-c2nc(-c3ccccc3)cc(N(CCO)CCO)n2)n1. The van der Waals surface area contributed by atoms with E-state index in [1.807, 2.05) is 61.2 Å². The lowest BCUT2D eigenvalue weighted by Crippen LogP contribution is -2.31. The maximum absolute atomic E-state index is 9.36. The Morgan fingerprint density at radius 2 is 1.65 bits per heavy atom. The van der Waals surface area contributed by atoms with E-state index in [0.717, 1.165) is 22.6 Å². The van der Waals surface area contributed by atoms with Gasteiger partial charge in [0.25, 0.3) is 5.95 Å². The van der Waals surface area contributed by atoms with Gasteiger partial charge in [-0.05, 0) is 19.9 Å². The normalized spacial score (nSPS) is 10.9. The highest BCUT2D eigenvalue weighted by atomic mass is 16.3. The van der Waals surface area contributed by atoms with Crippen LogP contribution in [0.15, 0.2) is 42.5 Å². The molecule has 7 nitrogen and oxygen atoms in total. The molecular weight excluding hydrogens is 330 g/mol. The summed E-state index contributed by atoms with van der Waals surface area (Å²) in [6, 6.07) is 13.7. The Kier molecular flexibility index (Phi) is 5.60. The zero-order valence-corrected chi connectivity index (χ0v) is 15.0. The van der Waals surface area contributed by atoms with Crippen molar-refractivity contribution in [2.75, 3.05) is 31.2 Å². The maximum atomic E-state index is 9.36. The van der Waals surface area contributed by atoms with Crippen LogP contribution >= 0.6 is 0 Å². The first-order valence-electron chi connectivity index (χ1n) is 8.57. The van der Waals surface area contributed by atoms with Crippen LogP contribution in [0.1, 0.15) is 11.4 Å². The molecule has 3 rings (SSSR count). The molecule has 2 N–H and O–H groups in total. The summed E-state index contributed by atoms with van der Waals surface area (Å²) in [4.78, 5) is 11.2. The Labute approximate surface area is 152 Å². The molecule has 0 aliphatic rings. The fourth-order valence-electron chi connectivity index (χ4n) is 2.85. The summed E-state index contributed by atoms with van der Waals surface area (Å²) in [6.07, 6.45) is 0. The van der Waals surface area contributed by atoms with Gasteiger partial charge in [-0.25, -0.2) is 9.67 Å². The smallest absolute Gasteiger partial charge is 0.253 e. The van der Waals surface area contributed by atoms with Crippen molar-refractivity contribution in [1.29, 1.82) is 0 Å². The molecule has 0 bridgehead atoms. The van der Waals surface area contributed by atoms with E-state index in [9.17, 15) is 10.2 Å². The standard InChI is InChI=1S/C19H23N5O2/c1-14-12-15(2)24(22-14)19-20-17(16-6-4-3-5-7-16)13-18(21-19)23(8-10-25)9-11-26/h3-7,12-13,25-26H,8-11H2,1-2H3. The highest BCUT2D eigenvalue weighted by molar-refractivity contribution is 5.63. The van der Waals surface area contributed by atoms with Gasteiger partial charge in [0.2, 0.25) is 0 Å². The number of benzene rings is 1. The minimum Gasteiger partial charge on any atom is -0.395 e. The summed E-state index contributed by atoms with van der Waals surface area (Å²) in [7, 11) is 0. The molecular formula is C19H23N5O2. The summed E-state index contributed by atoms with van der Waals surface area (Å²) >= 11 is 0. The number of anilines is 1. The molecule has 1 aromatic carbocycles. The Bertz CT molecular complexity index is 858. The van der Waals surface area contributed by atoms with Gasteiger partial charge >= 0.3 is 0 Å². The van der Waals surface area contributed by atoms with Gasteiger partial charge in [-0.2, -0.15) is 10.1 Å².